The summed E-state index contributed by atoms with van der Waals surface area (Å²) in [4.78, 5) is 4.43. The lowest BCUT2D eigenvalue weighted by molar-refractivity contribution is 0.618. The van der Waals surface area contributed by atoms with E-state index >= 15 is 0 Å². The van der Waals surface area contributed by atoms with Gasteiger partial charge in [-0.05, 0) is 51.5 Å². The van der Waals surface area contributed by atoms with Crippen LogP contribution in [0.15, 0.2) is 59.2 Å². The lowest BCUT2D eigenvalue weighted by Gasteiger charge is -2.14. The fraction of sp³-hybridized carbons (Fsp3) is 0.118. The standard InChI is InChI=1S/C17H14BrFN2/c18-14-9-11(5-6-15(14)19)10-16(20)17-13-4-2-1-3-12(13)7-8-21-17/h1-9,16H,10,20H2. The highest BCUT2D eigenvalue weighted by molar-refractivity contribution is 9.10. The number of halogens is 2. The second-order valence-corrected chi connectivity index (χ2v) is 5.83. The van der Waals surface area contributed by atoms with Crippen LogP contribution in [0.4, 0.5) is 4.39 Å². The maximum atomic E-state index is 13.3. The monoisotopic (exact) mass is 344 g/mol. The zero-order valence-corrected chi connectivity index (χ0v) is 12.8. The van der Waals surface area contributed by atoms with Crippen molar-refractivity contribution in [2.75, 3.05) is 0 Å². The Morgan fingerprint density at radius 1 is 1.14 bits per heavy atom. The molecule has 1 heterocycles. The molecule has 106 valence electrons. The van der Waals surface area contributed by atoms with E-state index in [9.17, 15) is 4.39 Å². The van der Waals surface area contributed by atoms with Crippen molar-refractivity contribution in [2.45, 2.75) is 12.5 Å². The minimum atomic E-state index is -0.268. The first-order valence-electron chi connectivity index (χ1n) is 6.68. The van der Waals surface area contributed by atoms with E-state index in [1.807, 2.05) is 30.3 Å². The van der Waals surface area contributed by atoms with E-state index in [2.05, 4.69) is 20.9 Å². The van der Waals surface area contributed by atoms with E-state index in [4.69, 9.17) is 5.73 Å². The molecule has 2 aromatic carbocycles. The molecule has 21 heavy (non-hydrogen) atoms. The Morgan fingerprint density at radius 2 is 1.95 bits per heavy atom. The van der Waals surface area contributed by atoms with Gasteiger partial charge in [0.1, 0.15) is 5.82 Å². The van der Waals surface area contributed by atoms with Crippen molar-refractivity contribution in [2.24, 2.45) is 5.73 Å². The summed E-state index contributed by atoms with van der Waals surface area (Å²) in [5.41, 5.74) is 8.16. The summed E-state index contributed by atoms with van der Waals surface area (Å²) in [6, 6.07) is 14.8. The normalized spacial score (nSPS) is 12.5. The summed E-state index contributed by atoms with van der Waals surface area (Å²) in [6.07, 6.45) is 2.39. The number of hydrogen-bond donors (Lipinski definition) is 1. The van der Waals surface area contributed by atoms with Crippen molar-refractivity contribution in [1.82, 2.24) is 4.98 Å². The molecule has 1 aromatic heterocycles. The number of fused-ring (bicyclic) bond motifs is 1. The molecular weight excluding hydrogens is 331 g/mol. The van der Waals surface area contributed by atoms with E-state index in [0.29, 0.717) is 10.9 Å². The fourth-order valence-electron chi connectivity index (χ4n) is 2.46. The van der Waals surface area contributed by atoms with Crippen LogP contribution in [0.25, 0.3) is 10.8 Å². The Hall–Kier alpha value is -1.78. The van der Waals surface area contributed by atoms with Crippen LogP contribution in [0, 0.1) is 5.82 Å². The molecular formula is C17H14BrFN2. The predicted molar refractivity (Wildman–Crippen MR) is 86.5 cm³/mol. The van der Waals surface area contributed by atoms with Crippen LogP contribution in [-0.4, -0.2) is 4.98 Å². The van der Waals surface area contributed by atoms with Crippen LogP contribution in [-0.2, 0) is 6.42 Å². The summed E-state index contributed by atoms with van der Waals surface area (Å²) in [5.74, 6) is -0.268. The van der Waals surface area contributed by atoms with Crippen molar-refractivity contribution >= 4 is 26.7 Å². The highest BCUT2D eigenvalue weighted by atomic mass is 79.9. The van der Waals surface area contributed by atoms with Gasteiger partial charge in [-0.25, -0.2) is 4.39 Å². The topological polar surface area (TPSA) is 38.9 Å². The maximum absolute atomic E-state index is 13.3. The van der Waals surface area contributed by atoms with E-state index in [0.717, 1.165) is 22.0 Å². The van der Waals surface area contributed by atoms with Crippen molar-refractivity contribution in [3.8, 4) is 0 Å². The first-order valence-corrected chi connectivity index (χ1v) is 7.47. The van der Waals surface area contributed by atoms with Crippen LogP contribution in [0.5, 0.6) is 0 Å². The molecule has 0 fully saturated rings. The molecule has 0 aliphatic heterocycles. The van der Waals surface area contributed by atoms with Gasteiger partial charge in [0.2, 0.25) is 0 Å². The van der Waals surface area contributed by atoms with Crippen LogP contribution >= 0.6 is 15.9 Å². The van der Waals surface area contributed by atoms with Crippen molar-refractivity contribution in [1.29, 1.82) is 0 Å². The van der Waals surface area contributed by atoms with Gasteiger partial charge in [-0.3, -0.25) is 4.98 Å². The number of rotatable bonds is 3. The summed E-state index contributed by atoms with van der Waals surface area (Å²) < 4.78 is 13.7. The molecule has 1 atom stereocenters. The predicted octanol–water partition coefficient (Wildman–Crippen LogP) is 4.38. The molecule has 2 N–H and O–H groups in total. The van der Waals surface area contributed by atoms with E-state index in [1.54, 1.807) is 18.3 Å². The van der Waals surface area contributed by atoms with Crippen LogP contribution in [0.2, 0.25) is 0 Å². The molecule has 3 rings (SSSR count). The largest absolute Gasteiger partial charge is 0.322 e. The Morgan fingerprint density at radius 3 is 2.76 bits per heavy atom. The SMILES string of the molecule is NC(Cc1ccc(F)c(Br)c1)c1nccc2ccccc12. The minimum absolute atomic E-state index is 0.228. The van der Waals surface area contributed by atoms with Crippen LogP contribution in [0.1, 0.15) is 17.3 Å². The summed E-state index contributed by atoms with van der Waals surface area (Å²) >= 11 is 3.20. The highest BCUT2D eigenvalue weighted by Gasteiger charge is 2.13. The lowest BCUT2D eigenvalue weighted by atomic mass is 9.99. The third kappa shape index (κ3) is 2.96. The van der Waals surface area contributed by atoms with Gasteiger partial charge in [-0.1, -0.05) is 30.3 Å². The molecule has 0 saturated heterocycles. The summed E-state index contributed by atoms with van der Waals surface area (Å²) in [6.45, 7) is 0. The van der Waals surface area contributed by atoms with Gasteiger partial charge < -0.3 is 5.73 Å². The Balaban J connectivity index is 1.93. The van der Waals surface area contributed by atoms with Gasteiger partial charge in [0, 0.05) is 11.6 Å². The van der Waals surface area contributed by atoms with Crippen molar-refractivity contribution in [3.05, 3.63) is 76.3 Å². The van der Waals surface area contributed by atoms with Gasteiger partial charge in [0.05, 0.1) is 16.2 Å². The second kappa shape index (κ2) is 5.92. The molecule has 0 amide bonds. The molecule has 0 spiro atoms. The number of aromatic nitrogens is 1. The third-order valence-corrected chi connectivity index (χ3v) is 4.10. The fourth-order valence-corrected chi connectivity index (χ4v) is 2.88. The summed E-state index contributed by atoms with van der Waals surface area (Å²) in [7, 11) is 0. The Labute approximate surface area is 130 Å². The zero-order valence-electron chi connectivity index (χ0n) is 11.3. The first kappa shape index (κ1) is 14.2. The molecule has 1 unspecified atom stereocenters. The Kier molecular flexibility index (Phi) is 3.99. The third-order valence-electron chi connectivity index (χ3n) is 3.50. The molecule has 0 saturated carbocycles. The van der Waals surface area contributed by atoms with Gasteiger partial charge >= 0.3 is 0 Å². The molecule has 0 aliphatic carbocycles. The molecule has 2 nitrogen and oxygen atoms in total. The van der Waals surface area contributed by atoms with Gasteiger partial charge in [0.25, 0.3) is 0 Å². The number of nitrogens with zero attached hydrogens (tertiary/aromatic N) is 1. The highest BCUT2D eigenvalue weighted by Crippen LogP contribution is 2.25. The van der Waals surface area contributed by atoms with Crippen molar-refractivity contribution < 1.29 is 4.39 Å². The Bertz CT molecular complexity index is 783. The van der Waals surface area contributed by atoms with Gasteiger partial charge in [0.15, 0.2) is 0 Å². The lowest BCUT2D eigenvalue weighted by Crippen LogP contribution is -2.15. The first-order chi connectivity index (χ1) is 10.1. The van der Waals surface area contributed by atoms with E-state index < -0.39 is 0 Å². The number of benzene rings is 2. The van der Waals surface area contributed by atoms with Crippen LogP contribution < -0.4 is 5.73 Å². The zero-order chi connectivity index (χ0) is 14.8. The average molecular weight is 345 g/mol. The van der Waals surface area contributed by atoms with Crippen molar-refractivity contribution in [3.63, 3.8) is 0 Å². The van der Waals surface area contributed by atoms with Crippen LogP contribution in [0.3, 0.4) is 0 Å². The number of hydrogen-bond acceptors (Lipinski definition) is 2. The number of pyridine rings is 1. The molecule has 0 bridgehead atoms. The molecule has 0 radical (unpaired) electrons. The molecule has 4 heteroatoms. The van der Waals surface area contributed by atoms with Gasteiger partial charge in [-0.2, -0.15) is 0 Å². The smallest absolute Gasteiger partial charge is 0.137 e. The molecule has 3 aromatic rings. The number of nitrogens with two attached hydrogens (primary N) is 1. The second-order valence-electron chi connectivity index (χ2n) is 4.98. The maximum Gasteiger partial charge on any atom is 0.137 e. The van der Waals surface area contributed by atoms with Gasteiger partial charge in [-0.15, -0.1) is 0 Å². The van der Waals surface area contributed by atoms with E-state index in [1.165, 1.54) is 6.07 Å². The minimum Gasteiger partial charge on any atom is -0.322 e. The van der Waals surface area contributed by atoms with E-state index in [-0.39, 0.29) is 11.9 Å². The quantitative estimate of drug-likeness (QED) is 0.765. The average Bonchev–Trinajstić information content (AvgIpc) is 2.50. The summed E-state index contributed by atoms with van der Waals surface area (Å²) in [5, 5.41) is 2.19. The molecule has 0 aliphatic rings.